The molecule has 0 saturated carbocycles. The van der Waals surface area contributed by atoms with Crippen molar-refractivity contribution in [1.29, 1.82) is 0 Å². The van der Waals surface area contributed by atoms with Gasteiger partial charge in [0.05, 0.1) is 32.2 Å². The molecule has 0 radical (unpaired) electrons. The Labute approximate surface area is 200 Å². The average molecular weight is 625 g/mol. The highest BCUT2D eigenvalue weighted by atomic mass is 79.9. The number of methoxy groups -OCH3 is 1. The monoisotopic (exact) mass is 621 g/mol. The van der Waals surface area contributed by atoms with E-state index in [0.717, 1.165) is 0 Å². The van der Waals surface area contributed by atoms with E-state index in [4.69, 9.17) is 16.3 Å². The lowest BCUT2D eigenvalue weighted by atomic mass is 10.1. The van der Waals surface area contributed by atoms with Gasteiger partial charge in [-0.05, 0) is 71.6 Å². The van der Waals surface area contributed by atoms with Crippen molar-refractivity contribution in [1.82, 2.24) is 0 Å². The van der Waals surface area contributed by atoms with Gasteiger partial charge in [0.2, 0.25) is 0 Å². The topological polar surface area (TPSA) is 75.6 Å². The number of carboxylic acid groups (broad SMARTS) is 1. The molecule has 10 heteroatoms. The summed E-state index contributed by atoms with van der Waals surface area (Å²) in [5.74, 6) is -1.08. The lowest BCUT2D eigenvalue weighted by Gasteiger charge is -2.13. The fourth-order valence-electron chi connectivity index (χ4n) is 2.60. The fourth-order valence-corrected chi connectivity index (χ4v) is 5.64. The molecule has 0 bridgehead atoms. The van der Waals surface area contributed by atoms with Crippen LogP contribution in [0.2, 0.25) is 5.02 Å². The van der Waals surface area contributed by atoms with Gasteiger partial charge in [0.15, 0.2) is 0 Å². The minimum absolute atomic E-state index is 0.0217. The van der Waals surface area contributed by atoms with Crippen LogP contribution in [0.25, 0.3) is 10.4 Å². The van der Waals surface area contributed by atoms with Crippen LogP contribution in [0.4, 0.5) is 5.69 Å². The zero-order valence-corrected chi connectivity index (χ0v) is 20.9. The third-order valence-corrected chi connectivity index (χ3v) is 7.91. The Kier molecular flexibility index (Phi) is 7.06. The van der Waals surface area contributed by atoms with E-state index in [9.17, 15) is 14.7 Å². The number of carboxylic acids is 1. The predicted molar refractivity (Wildman–Crippen MR) is 126 cm³/mol. The molecule has 0 aliphatic rings. The molecule has 1 aromatic heterocycles. The fraction of sp³-hybridized carbons (Fsp3) is 0.0526. The molecular formula is C19H11Br3ClNO4S. The van der Waals surface area contributed by atoms with Gasteiger partial charge < -0.3 is 15.2 Å². The van der Waals surface area contributed by atoms with E-state index in [0.29, 0.717) is 40.2 Å². The Morgan fingerprint density at radius 1 is 1.14 bits per heavy atom. The highest BCUT2D eigenvalue weighted by Gasteiger charge is 2.24. The van der Waals surface area contributed by atoms with Gasteiger partial charge in [-0.2, -0.15) is 0 Å². The Balaban J connectivity index is 2.00. The van der Waals surface area contributed by atoms with Crippen LogP contribution in [-0.4, -0.2) is 24.1 Å². The molecule has 3 rings (SSSR count). The van der Waals surface area contributed by atoms with Crippen molar-refractivity contribution in [3.05, 3.63) is 65.3 Å². The van der Waals surface area contributed by atoms with Crippen molar-refractivity contribution in [2.45, 2.75) is 0 Å². The molecule has 0 unspecified atom stereocenters. The number of amides is 1. The lowest BCUT2D eigenvalue weighted by Crippen LogP contribution is -2.15. The molecule has 0 atom stereocenters. The zero-order valence-electron chi connectivity index (χ0n) is 14.6. The van der Waals surface area contributed by atoms with Crippen LogP contribution in [0.5, 0.6) is 5.75 Å². The van der Waals surface area contributed by atoms with Crippen molar-refractivity contribution in [2.24, 2.45) is 0 Å². The van der Waals surface area contributed by atoms with Crippen LogP contribution >= 0.6 is 70.7 Å². The molecule has 2 N–H and O–H groups in total. The number of carbonyl (C=O) groups excluding carboxylic acids is 1. The number of hydrogen-bond acceptors (Lipinski definition) is 4. The van der Waals surface area contributed by atoms with Crippen LogP contribution < -0.4 is 10.1 Å². The molecule has 2 aromatic carbocycles. The average Bonchev–Trinajstić information content (AvgIpc) is 3.09. The minimum Gasteiger partial charge on any atom is -0.494 e. The minimum atomic E-state index is -1.14. The number of benzene rings is 2. The van der Waals surface area contributed by atoms with E-state index in [-0.39, 0.29) is 11.3 Å². The summed E-state index contributed by atoms with van der Waals surface area (Å²) in [7, 11) is 1.51. The number of rotatable bonds is 5. The van der Waals surface area contributed by atoms with E-state index in [1.165, 1.54) is 18.4 Å². The van der Waals surface area contributed by atoms with Crippen LogP contribution in [-0.2, 0) is 0 Å². The van der Waals surface area contributed by atoms with E-state index >= 15 is 0 Å². The molecule has 1 amide bonds. The zero-order chi connectivity index (χ0) is 21.3. The maximum Gasteiger partial charge on any atom is 0.339 e. The normalized spacial score (nSPS) is 10.7. The Bertz CT molecular complexity index is 1120. The van der Waals surface area contributed by atoms with Crippen molar-refractivity contribution in [3.8, 4) is 16.2 Å². The van der Waals surface area contributed by atoms with Crippen LogP contribution in [0.1, 0.15) is 20.7 Å². The number of nitrogens with one attached hydrogen (secondary N) is 1. The first-order valence-electron chi connectivity index (χ1n) is 7.88. The van der Waals surface area contributed by atoms with Gasteiger partial charge in [-0.15, -0.1) is 11.3 Å². The van der Waals surface area contributed by atoms with Gasteiger partial charge >= 0.3 is 5.97 Å². The molecule has 0 aliphatic heterocycles. The Morgan fingerprint density at radius 3 is 2.38 bits per heavy atom. The summed E-state index contributed by atoms with van der Waals surface area (Å²) >= 11 is 17.3. The molecule has 29 heavy (non-hydrogen) atoms. The first kappa shape index (κ1) is 22.3. The number of ether oxygens (including phenoxy) is 1. The second-order valence-electron chi connectivity index (χ2n) is 5.69. The predicted octanol–water partition coefficient (Wildman–Crippen LogP) is 7.32. The van der Waals surface area contributed by atoms with Crippen molar-refractivity contribution in [2.75, 3.05) is 12.4 Å². The van der Waals surface area contributed by atoms with Crippen LogP contribution in [0, 0.1) is 0 Å². The molecule has 0 aliphatic carbocycles. The van der Waals surface area contributed by atoms with E-state index < -0.39 is 11.9 Å². The molecular weight excluding hydrogens is 613 g/mol. The number of aromatic carboxylic acids is 1. The molecule has 150 valence electrons. The smallest absolute Gasteiger partial charge is 0.339 e. The summed E-state index contributed by atoms with van der Waals surface area (Å²) in [4.78, 5) is 25.3. The van der Waals surface area contributed by atoms with Gasteiger partial charge in [0.25, 0.3) is 5.91 Å². The Hall–Kier alpha value is -1.39. The molecule has 0 spiro atoms. The highest BCUT2D eigenvalue weighted by Crippen LogP contribution is 2.42. The maximum absolute atomic E-state index is 12.9. The largest absolute Gasteiger partial charge is 0.494 e. The number of halogens is 4. The number of hydrogen-bond donors (Lipinski definition) is 2. The van der Waals surface area contributed by atoms with Crippen molar-refractivity contribution in [3.63, 3.8) is 0 Å². The summed E-state index contributed by atoms with van der Waals surface area (Å²) in [6, 6.07) is 8.44. The lowest BCUT2D eigenvalue weighted by molar-refractivity contribution is 0.0699. The Morgan fingerprint density at radius 2 is 1.79 bits per heavy atom. The highest BCUT2D eigenvalue weighted by molar-refractivity contribution is 9.13. The standard InChI is InChI=1S/C19H11Br3ClNO4S/c1-28-16-11(20)6-10(14(21)15(16)22)18(25)24-12-7-29-17(13(12)19(26)27)8-2-4-9(23)5-3-8/h2-7H,1H3,(H,24,25)(H,26,27). The molecule has 0 fully saturated rings. The van der Waals surface area contributed by atoms with Gasteiger partial charge in [0, 0.05) is 14.9 Å². The van der Waals surface area contributed by atoms with Crippen molar-refractivity contribution < 1.29 is 19.4 Å². The second-order valence-corrected chi connectivity index (χ2v) is 9.44. The van der Waals surface area contributed by atoms with E-state index in [1.54, 1.807) is 35.7 Å². The molecule has 0 saturated heterocycles. The maximum atomic E-state index is 12.9. The van der Waals surface area contributed by atoms with Crippen LogP contribution in [0.3, 0.4) is 0 Å². The van der Waals surface area contributed by atoms with Gasteiger partial charge in [-0.1, -0.05) is 23.7 Å². The van der Waals surface area contributed by atoms with Crippen LogP contribution in [0.15, 0.2) is 49.1 Å². The summed E-state index contributed by atoms with van der Waals surface area (Å²) < 4.78 is 6.90. The third kappa shape index (κ3) is 4.54. The summed E-state index contributed by atoms with van der Waals surface area (Å²) in [5.41, 5.74) is 1.24. The van der Waals surface area contributed by atoms with Gasteiger partial charge in [-0.25, -0.2) is 4.79 Å². The molecule has 3 aromatic rings. The molecule has 5 nitrogen and oxygen atoms in total. The number of anilines is 1. The first-order chi connectivity index (χ1) is 13.7. The summed E-state index contributed by atoms with van der Waals surface area (Å²) in [6.07, 6.45) is 0. The van der Waals surface area contributed by atoms with Gasteiger partial charge in [0.1, 0.15) is 11.3 Å². The summed E-state index contributed by atoms with van der Waals surface area (Å²) in [5, 5.41) is 14.6. The summed E-state index contributed by atoms with van der Waals surface area (Å²) in [6.45, 7) is 0. The third-order valence-electron chi connectivity index (χ3n) is 3.92. The second kappa shape index (κ2) is 9.18. The first-order valence-corrected chi connectivity index (χ1v) is 11.5. The van der Waals surface area contributed by atoms with E-state index in [2.05, 4.69) is 53.1 Å². The number of carbonyl (C=O) groups is 2. The van der Waals surface area contributed by atoms with Gasteiger partial charge in [-0.3, -0.25) is 4.79 Å². The number of thiophene rings is 1. The quantitative estimate of drug-likeness (QED) is 0.292. The SMILES string of the molecule is COc1c(Br)cc(C(=O)Nc2csc(-c3ccc(Cl)cc3)c2C(=O)O)c(Br)c1Br. The molecule has 1 heterocycles. The van der Waals surface area contributed by atoms with E-state index in [1.807, 2.05) is 0 Å². The van der Waals surface area contributed by atoms with Crippen molar-refractivity contribution >= 4 is 88.3 Å².